The molecule has 19 heavy (non-hydrogen) atoms. The predicted octanol–water partition coefficient (Wildman–Crippen LogP) is 2.36. The van der Waals surface area contributed by atoms with Gasteiger partial charge in [-0.25, -0.2) is 4.39 Å². The van der Waals surface area contributed by atoms with Crippen molar-refractivity contribution in [3.05, 3.63) is 59.7 Å². The van der Waals surface area contributed by atoms with Gasteiger partial charge in [0.15, 0.2) is 0 Å². The van der Waals surface area contributed by atoms with E-state index in [1.807, 2.05) is 25.2 Å². The van der Waals surface area contributed by atoms with Crippen molar-refractivity contribution < 1.29 is 4.39 Å². The first-order chi connectivity index (χ1) is 9.20. The first-order valence-corrected chi connectivity index (χ1v) is 6.30. The Morgan fingerprint density at radius 1 is 1.26 bits per heavy atom. The van der Waals surface area contributed by atoms with E-state index in [-0.39, 0.29) is 5.82 Å². The number of nitrogens with zero attached hydrogens (tertiary/aromatic N) is 2. The number of anilines is 1. The van der Waals surface area contributed by atoms with Crippen LogP contribution in [-0.4, -0.2) is 18.6 Å². The molecule has 0 aliphatic rings. The molecule has 0 atom stereocenters. The molecule has 0 spiro atoms. The number of hydrogen-bond donors (Lipinski definition) is 1. The number of pyridine rings is 1. The maximum atomic E-state index is 13.2. The highest BCUT2D eigenvalue weighted by atomic mass is 19.1. The fourth-order valence-corrected chi connectivity index (χ4v) is 2.04. The van der Waals surface area contributed by atoms with E-state index in [0.29, 0.717) is 6.54 Å². The summed E-state index contributed by atoms with van der Waals surface area (Å²) in [5.41, 5.74) is 8.50. The SMILES string of the molecule is CN(CCc1ccccn1)c1ccc(F)cc1CN. The highest BCUT2D eigenvalue weighted by molar-refractivity contribution is 5.53. The van der Waals surface area contributed by atoms with Crippen LogP contribution in [0, 0.1) is 5.82 Å². The molecule has 0 amide bonds. The summed E-state index contributed by atoms with van der Waals surface area (Å²) in [4.78, 5) is 6.37. The van der Waals surface area contributed by atoms with Crippen LogP contribution in [0.4, 0.5) is 10.1 Å². The Kier molecular flexibility index (Phi) is 4.47. The van der Waals surface area contributed by atoms with Gasteiger partial charge in [-0.3, -0.25) is 4.98 Å². The quantitative estimate of drug-likeness (QED) is 0.896. The Bertz CT molecular complexity index is 528. The number of likely N-dealkylation sites (N-methyl/N-ethyl adjacent to an activating group) is 1. The summed E-state index contributed by atoms with van der Waals surface area (Å²) in [6.45, 7) is 1.15. The number of rotatable bonds is 5. The van der Waals surface area contributed by atoms with Gasteiger partial charge in [0.25, 0.3) is 0 Å². The number of aromatic nitrogens is 1. The van der Waals surface area contributed by atoms with E-state index in [0.717, 1.165) is 29.9 Å². The average Bonchev–Trinajstić information content (AvgIpc) is 2.45. The van der Waals surface area contributed by atoms with Crippen molar-refractivity contribution in [2.75, 3.05) is 18.5 Å². The normalized spacial score (nSPS) is 10.5. The van der Waals surface area contributed by atoms with Crippen LogP contribution in [0.3, 0.4) is 0 Å². The first-order valence-electron chi connectivity index (χ1n) is 6.30. The van der Waals surface area contributed by atoms with Gasteiger partial charge in [0.1, 0.15) is 5.82 Å². The molecular weight excluding hydrogens is 241 g/mol. The summed E-state index contributed by atoms with van der Waals surface area (Å²) in [5, 5.41) is 0. The Labute approximate surface area is 112 Å². The van der Waals surface area contributed by atoms with Gasteiger partial charge in [0, 0.05) is 44.1 Å². The van der Waals surface area contributed by atoms with E-state index < -0.39 is 0 Å². The summed E-state index contributed by atoms with van der Waals surface area (Å²) < 4.78 is 13.2. The fourth-order valence-electron chi connectivity index (χ4n) is 2.04. The fraction of sp³-hybridized carbons (Fsp3) is 0.267. The van der Waals surface area contributed by atoms with Gasteiger partial charge >= 0.3 is 0 Å². The maximum absolute atomic E-state index is 13.2. The third-order valence-electron chi connectivity index (χ3n) is 3.10. The molecule has 2 N–H and O–H groups in total. The van der Waals surface area contributed by atoms with Crippen LogP contribution in [0.25, 0.3) is 0 Å². The molecule has 100 valence electrons. The van der Waals surface area contributed by atoms with Crippen LogP contribution in [0.5, 0.6) is 0 Å². The molecule has 1 aromatic heterocycles. The second-order valence-electron chi connectivity index (χ2n) is 4.47. The van der Waals surface area contributed by atoms with Crippen molar-refractivity contribution >= 4 is 5.69 Å². The van der Waals surface area contributed by atoms with Gasteiger partial charge in [0.05, 0.1) is 0 Å². The van der Waals surface area contributed by atoms with E-state index in [1.54, 1.807) is 12.3 Å². The summed E-state index contributed by atoms with van der Waals surface area (Å²) in [5.74, 6) is -0.248. The van der Waals surface area contributed by atoms with Gasteiger partial charge in [-0.05, 0) is 35.9 Å². The zero-order valence-electron chi connectivity index (χ0n) is 11.0. The van der Waals surface area contributed by atoms with Crippen molar-refractivity contribution in [3.63, 3.8) is 0 Å². The lowest BCUT2D eigenvalue weighted by atomic mass is 10.1. The molecule has 3 nitrogen and oxygen atoms in total. The lowest BCUT2D eigenvalue weighted by Crippen LogP contribution is -2.22. The highest BCUT2D eigenvalue weighted by Gasteiger charge is 2.08. The van der Waals surface area contributed by atoms with E-state index in [9.17, 15) is 4.39 Å². The smallest absolute Gasteiger partial charge is 0.123 e. The lowest BCUT2D eigenvalue weighted by Gasteiger charge is -2.22. The largest absolute Gasteiger partial charge is 0.374 e. The van der Waals surface area contributed by atoms with E-state index in [1.165, 1.54) is 12.1 Å². The van der Waals surface area contributed by atoms with Crippen molar-refractivity contribution in [1.29, 1.82) is 0 Å². The molecule has 0 saturated heterocycles. The van der Waals surface area contributed by atoms with Gasteiger partial charge < -0.3 is 10.6 Å². The van der Waals surface area contributed by atoms with E-state index in [2.05, 4.69) is 9.88 Å². The second-order valence-corrected chi connectivity index (χ2v) is 4.47. The molecule has 4 heteroatoms. The molecule has 2 aromatic rings. The maximum Gasteiger partial charge on any atom is 0.123 e. The van der Waals surface area contributed by atoms with Crippen LogP contribution >= 0.6 is 0 Å². The van der Waals surface area contributed by atoms with Crippen molar-refractivity contribution in [1.82, 2.24) is 4.98 Å². The third-order valence-corrected chi connectivity index (χ3v) is 3.10. The summed E-state index contributed by atoms with van der Waals surface area (Å²) in [6.07, 6.45) is 2.64. The molecule has 2 rings (SSSR count). The lowest BCUT2D eigenvalue weighted by molar-refractivity contribution is 0.625. The zero-order chi connectivity index (χ0) is 13.7. The van der Waals surface area contributed by atoms with E-state index in [4.69, 9.17) is 5.73 Å². The molecule has 0 aliphatic heterocycles. The topological polar surface area (TPSA) is 42.2 Å². The van der Waals surface area contributed by atoms with Crippen LogP contribution in [0.2, 0.25) is 0 Å². The molecule has 1 heterocycles. The van der Waals surface area contributed by atoms with Crippen LogP contribution < -0.4 is 10.6 Å². The number of benzene rings is 1. The molecule has 0 aliphatic carbocycles. The monoisotopic (exact) mass is 259 g/mol. The summed E-state index contributed by atoms with van der Waals surface area (Å²) in [6, 6.07) is 10.6. The third kappa shape index (κ3) is 3.51. The first kappa shape index (κ1) is 13.5. The molecule has 0 radical (unpaired) electrons. The molecule has 0 saturated carbocycles. The van der Waals surface area contributed by atoms with Gasteiger partial charge in [0.2, 0.25) is 0 Å². The molecule has 1 aromatic carbocycles. The number of hydrogen-bond acceptors (Lipinski definition) is 3. The Morgan fingerprint density at radius 3 is 2.79 bits per heavy atom. The average molecular weight is 259 g/mol. The second kappa shape index (κ2) is 6.29. The Hall–Kier alpha value is -1.94. The zero-order valence-corrected chi connectivity index (χ0v) is 11.0. The minimum Gasteiger partial charge on any atom is -0.374 e. The van der Waals surface area contributed by atoms with Crippen LogP contribution in [0.15, 0.2) is 42.6 Å². The minimum atomic E-state index is -0.248. The van der Waals surface area contributed by atoms with Crippen LogP contribution in [0.1, 0.15) is 11.3 Å². The molecular formula is C15H18FN3. The summed E-state index contributed by atoms with van der Waals surface area (Å²) >= 11 is 0. The van der Waals surface area contributed by atoms with Gasteiger partial charge in [-0.1, -0.05) is 6.07 Å². The van der Waals surface area contributed by atoms with Crippen LogP contribution in [-0.2, 0) is 13.0 Å². The minimum absolute atomic E-state index is 0.248. The van der Waals surface area contributed by atoms with Crippen molar-refractivity contribution in [2.24, 2.45) is 5.73 Å². The molecule has 0 unspecified atom stereocenters. The standard InChI is InChI=1S/C15H18FN3/c1-19(9-7-14-4-2-3-8-18-14)15-6-5-13(16)10-12(15)11-17/h2-6,8,10H,7,9,11,17H2,1H3. The number of nitrogens with two attached hydrogens (primary N) is 1. The van der Waals surface area contributed by atoms with Gasteiger partial charge in [-0.15, -0.1) is 0 Å². The van der Waals surface area contributed by atoms with E-state index >= 15 is 0 Å². The predicted molar refractivity (Wildman–Crippen MR) is 75.5 cm³/mol. The Balaban J connectivity index is 2.05. The van der Waals surface area contributed by atoms with Gasteiger partial charge in [-0.2, -0.15) is 0 Å². The van der Waals surface area contributed by atoms with Crippen molar-refractivity contribution in [2.45, 2.75) is 13.0 Å². The highest BCUT2D eigenvalue weighted by Crippen LogP contribution is 2.20. The Morgan fingerprint density at radius 2 is 2.11 bits per heavy atom. The molecule has 0 fully saturated rings. The summed E-state index contributed by atoms with van der Waals surface area (Å²) in [7, 11) is 1.98. The van der Waals surface area contributed by atoms with Crippen molar-refractivity contribution in [3.8, 4) is 0 Å². The molecule has 0 bridgehead atoms. The number of halogens is 1.